The van der Waals surface area contributed by atoms with Gasteiger partial charge in [-0.05, 0) is 28.1 Å². The van der Waals surface area contributed by atoms with Crippen molar-refractivity contribution in [3.63, 3.8) is 0 Å². The van der Waals surface area contributed by atoms with Gasteiger partial charge in [-0.2, -0.15) is 5.10 Å². The summed E-state index contributed by atoms with van der Waals surface area (Å²) in [6.07, 6.45) is 2.78. The van der Waals surface area contributed by atoms with Crippen LogP contribution in [-0.4, -0.2) is 26.2 Å². The molecule has 0 radical (unpaired) electrons. The molecule has 0 fully saturated rings. The first kappa shape index (κ1) is 12.8. The minimum absolute atomic E-state index is 0.0953. The van der Waals surface area contributed by atoms with Crippen molar-refractivity contribution in [3.05, 3.63) is 33.0 Å². The standard InChI is InChI=1S/C9H8Br2N6O/c10-6-1-5(8(18)7(11)2-6)3-13-15-9-16-14-4-17(9)12/h1-4,18H,12H2,(H,15,16)/b13-3+. The Hall–Kier alpha value is -1.61. The lowest BCUT2D eigenvalue weighted by Crippen LogP contribution is -2.10. The summed E-state index contributed by atoms with van der Waals surface area (Å²) in [5.74, 6) is 5.88. The summed E-state index contributed by atoms with van der Waals surface area (Å²) in [7, 11) is 0. The van der Waals surface area contributed by atoms with E-state index in [9.17, 15) is 5.11 Å². The Morgan fingerprint density at radius 1 is 1.44 bits per heavy atom. The monoisotopic (exact) mass is 374 g/mol. The zero-order valence-electron chi connectivity index (χ0n) is 8.88. The van der Waals surface area contributed by atoms with Gasteiger partial charge in [0.25, 0.3) is 5.95 Å². The van der Waals surface area contributed by atoms with Crippen molar-refractivity contribution in [2.75, 3.05) is 11.3 Å². The molecule has 1 heterocycles. The highest BCUT2D eigenvalue weighted by atomic mass is 79.9. The minimum Gasteiger partial charge on any atom is -0.506 e. The van der Waals surface area contributed by atoms with Crippen LogP contribution < -0.4 is 11.3 Å². The van der Waals surface area contributed by atoms with E-state index in [1.807, 2.05) is 0 Å². The van der Waals surface area contributed by atoms with Gasteiger partial charge < -0.3 is 10.9 Å². The van der Waals surface area contributed by atoms with Crippen molar-refractivity contribution in [1.29, 1.82) is 0 Å². The maximum absolute atomic E-state index is 9.79. The second-order valence-electron chi connectivity index (χ2n) is 3.26. The summed E-state index contributed by atoms with van der Waals surface area (Å²) in [5.41, 5.74) is 3.13. The number of nitrogen functional groups attached to an aromatic ring is 1. The summed E-state index contributed by atoms with van der Waals surface area (Å²) in [6.45, 7) is 0. The molecular formula is C9H8Br2N6O. The number of phenols is 1. The molecule has 1 aromatic carbocycles. The summed E-state index contributed by atoms with van der Waals surface area (Å²) in [6, 6.07) is 3.45. The molecule has 94 valence electrons. The highest BCUT2D eigenvalue weighted by molar-refractivity contribution is 9.11. The van der Waals surface area contributed by atoms with Gasteiger partial charge in [0.15, 0.2) is 0 Å². The van der Waals surface area contributed by atoms with Crippen molar-refractivity contribution >= 4 is 44.0 Å². The van der Waals surface area contributed by atoms with Gasteiger partial charge in [0.1, 0.15) is 12.1 Å². The Kier molecular flexibility index (Phi) is 3.82. The van der Waals surface area contributed by atoms with Gasteiger partial charge in [0.2, 0.25) is 0 Å². The van der Waals surface area contributed by atoms with Gasteiger partial charge in [-0.25, -0.2) is 10.1 Å². The van der Waals surface area contributed by atoms with Crippen LogP contribution in [0.4, 0.5) is 5.95 Å². The van der Waals surface area contributed by atoms with Gasteiger partial charge in [-0.3, -0.25) is 0 Å². The van der Waals surface area contributed by atoms with Crippen LogP contribution >= 0.6 is 31.9 Å². The Balaban J connectivity index is 2.17. The fraction of sp³-hybridized carbons (Fsp3) is 0. The van der Waals surface area contributed by atoms with Crippen LogP contribution in [0.15, 0.2) is 32.5 Å². The third kappa shape index (κ3) is 2.79. The van der Waals surface area contributed by atoms with E-state index in [0.29, 0.717) is 16.0 Å². The number of aromatic nitrogens is 3. The van der Waals surface area contributed by atoms with Crippen LogP contribution in [0.1, 0.15) is 5.56 Å². The summed E-state index contributed by atoms with van der Waals surface area (Å²) < 4.78 is 2.57. The number of hydrogen-bond acceptors (Lipinski definition) is 6. The minimum atomic E-state index is 0.0953. The van der Waals surface area contributed by atoms with Crippen molar-refractivity contribution < 1.29 is 5.11 Å². The number of aromatic hydroxyl groups is 1. The van der Waals surface area contributed by atoms with Gasteiger partial charge in [-0.1, -0.05) is 15.9 Å². The fourth-order valence-electron chi connectivity index (χ4n) is 1.17. The molecule has 0 amide bonds. The van der Waals surface area contributed by atoms with E-state index in [1.165, 1.54) is 17.2 Å². The molecule has 0 saturated heterocycles. The molecule has 0 aliphatic carbocycles. The molecule has 9 heteroatoms. The molecule has 2 aromatic rings. The van der Waals surface area contributed by atoms with Gasteiger partial charge in [0.05, 0.1) is 10.7 Å². The van der Waals surface area contributed by atoms with E-state index in [-0.39, 0.29) is 5.75 Å². The third-order valence-corrected chi connectivity index (χ3v) is 3.06. The molecule has 0 aliphatic heterocycles. The van der Waals surface area contributed by atoms with Crippen LogP contribution in [0.25, 0.3) is 0 Å². The largest absolute Gasteiger partial charge is 0.506 e. The quantitative estimate of drug-likeness (QED) is 0.430. The van der Waals surface area contributed by atoms with Crippen molar-refractivity contribution in [3.8, 4) is 5.75 Å². The number of hydrazone groups is 1. The SMILES string of the molecule is Nn1cnnc1N/N=C/c1cc(Br)cc(Br)c1O. The van der Waals surface area contributed by atoms with Crippen LogP contribution in [0.5, 0.6) is 5.75 Å². The van der Waals surface area contributed by atoms with Crippen LogP contribution in [0.2, 0.25) is 0 Å². The lowest BCUT2D eigenvalue weighted by Gasteiger charge is -2.03. The predicted octanol–water partition coefficient (Wildman–Crippen LogP) is 1.67. The summed E-state index contributed by atoms with van der Waals surface area (Å²) in [4.78, 5) is 0. The number of anilines is 1. The Labute approximate surface area is 119 Å². The molecule has 0 saturated carbocycles. The topological polar surface area (TPSA) is 101 Å². The Morgan fingerprint density at radius 2 is 2.22 bits per heavy atom. The first-order chi connectivity index (χ1) is 8.58. The maximum atomic E-state index is 9.79. The van der Waals surface area contributed by atoms with E-state index >= 15 is 0 Å². The van der Waals surface area contributed by atoms with E-state index in [4.69, 9.17) is 5.84 Å². The molecular weight excluding hydrogens is 368 g/mol. The molecule has 0 aliphatic rings. The Bertz CT molecular complexity index is 597. The zero-order valence-corrected chi connectivity index (χ0v) is 12.1. The molecule has 1 aromatic heterocycles. The number of nitrogens with one attached hydrogen (secondary N) is 1. The number of rotatable bonds is 3. The number of nitrogens with zero attached hydrogens (tertiary/aromatic N) is 4. The van der Waals surface area contributed by atoms with E-state index in [0.717, 1.165) is 4.47 Å². The first-order valence-electron chi connectivity index (χ1n) is 4.70. The van der Waals surface area contributed by atoms with Crippen LogP contribution in [0.3, 0.4) is 0 Å². The van der Waals surface area contributed by atoms with Crippen molar-refractivity contribution in [1.82, 2.24) is 14.9 Å². The molecule has 4 N–H and O–H groups in total. The summed E-state index contributed by atoms with van der Waals surface area (Å²) >= 11 is 6.55. The van der Waals surface area contributed by atoms with Gasteiger partial charge >= 0.3 is 0 Å². The smallest absolute Gasteiger partial charge is 0.263 e. The molecule has 2 rings (SSSR count). The average Bonchev–Trinajstić information content (AvgIpc) is 2.71. The van der Waals surface area contributed by atoms with E-state index < -0.39 is 0 Å². The molecule has 0 unspecified atom stereocenters. The predicted molar refractivity (Wildman–Crippen MR) is 74.9 cm³/mol. The van der Waals surface area contributed by atoms with Crippen LogP contribution in [-0.2, 0) is 0 Å². The number of halogens is 2. The summed E-state index contributed by atoms with van der Waals surface area (Å²) in [5, 5.41) is 21.0. The lowest BCUT2D eigenvalue weighted by atomic mass is 10.2. The molecule has 18 heavy (non-hydrogen) atoms. The van der Waals surface area contributed by atoms with Crippen LogP contribution in [0, 0.1) is 0 Å². The number of phenolic OH excluding ortho intramolecular Hbond substituents is 1. The lowest BCUT2D eigenvalue weighted by molar-refractivity contribution is 0.471. The number of nitrogens with two attached hydrogens (primary N) is 1. The second-order valence-corrected chi connectivity index (χ2v) is 5.03. The first-order valence-corrected chi connectivity index (χ1v) is 6.28. The molecule has 0 spiro atoms. The third-order valence-electron chi connectivity index (χ3n) is 2.00. The maximum Gasteiger partial charge on any atom is 0.263 e. The normalized spacial score (nSPS) is 11.0. The van der Waals surface area contributed by atoms with Gasteiger partial charge in [-0.15, -0.1) is 10.2 Å². The Morgan fingerprint density at radius 3 is 2.89 bits per heavy atom. The molecule has 0 bridgehead atoms. The second kappa shape index (κ2) is 5.36. The van der Waals surface area contributed by atoms with E-state index in [2.05, 4.69) is 52.6 Å². The highest BCUT2D eigenvalue weighted by Gasteiger charge is 2.05. The number of benzene rings is 1. The van der Waals surface area contributed by atoms with E-state index in [1.54, 1.807) is 12.1 Å². The van der Waals surface area contributed by atoms with Gasteiger partial charge in [0, 0.05) is 10.0 Å². The average molecular weight is 376 g/mol. The molecule has 7 nitrogen and oxygen atoms in total. The molecule has 0 atom stereocenters. The highest BCUT2D eigenvalue weighted by Crippen LogP contribution is 2.30. The van der Waals surface area contributed by atoms with Crippen molar-refractivity contribution in [2.45, 2.75) is 0 Å². The fourth-order valence-corrected chi connectivity index (χ4v) is 2.42. The zero-order chi connectivity index (χ0) is 13.1. The van der Waals surface area contributed by atoms with Crippen molar-refractivity contribution in [2.24, 2.45) is 5.10 Å². The number of hydrogen-bond donors (Lipinski definition) is 3.